The summed E-state index contributed by atoms with van der Waals surface area (Å²) >= 11 is 0. The lowest BCUT2D eigenvalue weighted by Gasteiger charge is -2.43. The molecule has 0 aromatic carbocycles. The molecular formula is C13H21N5O. The van der Waals surface area contributed by atoms with Gasteiger partial charge in [-0.05, 0) is 19.4 Å². The van der Waals surface area contributed by atoms with Crippen molar-refractivity contribution in [1.82, 2.24) is 25.0 Å². The summed E-state index contributed by atoms with van der Waals surface area (Å²) < 4.78 is 0. The fourth-order valence-corrected chi connectivity index (χ4v) is 3.03. The number of H-pyrrole nitrogens is 1. The van der Waals surface area contributed by atoms with Gasteiger partial charge in [-0.25, -0.2) is 4.98 Å². The Hall–Kier alpha value is -1.43. The smallest absolute Gasteiger partial charge is 0.293 e. The highest BCUT2D eigenvalue weighted by molar-refractivity contribution is 5.90. The van der Waals surface area contributed by atoms with Crippen molar-refractivity contribution in [2.45, 2.75) is 38.6 Å². The van der Waals surface area contributed by atoms with Crippen LogP contribution in [0.4, 0.5) is 0 Å². The van der Waals surface area contributed by atoms with Crippen LogP contribution in [0.3, 0.4) is 0 Å². The number of nitrogens with one attached hydrogen (secondary N) is 1. The van der Waals surface area contributed by atoms with Crippen LogP contribution in [-0.2, 0) is 6.42 Å². The molecule has 6 heteroatoms. The van der Waals surface area contributed by atoms with Crippen LogP contribution in [0, 0.1) is 0 Å². The van der Waals surface area contributed by atoms with Gasteiger partial charge in [0.25, 0.3) is 5.91 Å². The number of piperidine rings is 1. The Balaban J connectivity index is 1.67. The van der Waals surface area contributed by atoms with E-state index in [1.165, 1.54) is 25.8 Å². The normalized spacial score (nSPS) is 24.3. The molecule has 0 radical (unpaired) electrons. The van der Waals surface area contributed by atoms with Crippen LogP contribution in [-0.4, -0.2) is 63.1 Å². The minimum atomic E-state index is -0.0267. The van der Waals surface area contributed by atoms with Gasteiger partial charge in [0.2, 0.25) is 5.82 Å². The summed E-state index contributed by atoms with van der Waals surface area (Å²) in [7, 11) is 0. The van der Waals surface area contributed by atoms with Gasteiger partial charge < -0.3 is 4.90 Å². The van der Waals surface area contributed by atoms with Crippen molar-refractivity contribution in [2.24, 2.45) is 0 Å². The molecule has 1 unspecified atom stereocenters. The maximum atomic E-state index is 12.4. The van der Waals surface area contributed by atoms with Gasteiger partial charge in [0, 0.05) is 32.1 Å². The number of hydrogen-bond donors (Lipinski definition) is 1. The molecule has 104 valence electrons. The molecule has 1 aromatic rings. The van der Waals surface area contributed by atoms with Crippen LogP contribution in [0.1, 0.15) is 42.6 Å². The van der Waals surface area contributed by atoms with Crippen molar-refractivity contribution in [1.29, 1.82) is 0 Å². The third-order valence-electron chi connectivity index (χ3n) is 4.18. The zero-order valence-corrected chi connectivity index (χ0v) is 11.4. The molecule has 0 saturated carbocycles. The van der Waals surface area contributed by atoms with E-state index in [0.717, 1.165) is 31.9 Å². The number of piperazine rings is 1. The number of hydrogen-bond acceptors (Lipinski definition) is 4. The van der Waals surface area contributed by atoms with E-state index in [1.54, 1.807) is 0 Å². The maximum Gasteiger partial charge on any atom is 0.293 e. The predicted molar refractivity (Wildman–Crippen MR) is 70.9 cm³/mol. The van der Waals surface area contributed by atoms with Gasteiger partial charge in [0.05, 0.1) is 0 Å². The molecule has 2 aliphatic heterocycles. The first-order chi connectivity index (χ1) is 9.28. The van der Waals surface area contributed by atoms with Crippen LogP contribution in [0.5, 0.6) is 0 Å². The molecule has 1 N–H and O–H groups in total. The van der Waals surface area contributed by atoms with Crippen molar-refractivity contribution in [3.8, 4) is 0 Å². The molecule has 6 nitrogen and oxygen atoms in total. The highest BCUT2D eigenvalue weighted by Crippen LogP contribution is 2.21. The molecule has 1 atom stereocenters. The van der Waals surface area contributed by atoms with E-state index < -0.39 is 0 Å². The van der Waals surface area contributed by atoms with Gasteiger partial charge in [0.1, 0.15) is 5.82 Å². The first-order valence-electron chi connectivity index (χ1n) is 7.22. The van der Waals surface area contributed by atoms with E-state index in [9.17, 15) is 4.79 Å². The molecule has 3 heterocycles. The first-order valence-corrected chi connectivity index (χ1v) is 7.22. The summed E-state index contributed by atoms with van der Waals surface area (Å²) in [6, 6.07) is 0.538. The molecule has 1 aromatic heterocycles. The average molecular weight is 263 g/mol. The molecule has 1 amide bonds. The topological polar surface area (TPSA) is 65.1 Å². The predicted octanol–water partition coefficient (Wildman–Crippen LogP) is 0.677. The van der Waals surface area contributed by atoms with E-state index >= 15 is 0 Å². The quantitative estimate of drug-likeness (QED) is 0.852. The Morgan fingerprint density at radius 3 is 3.05 bits per heavy atom. The molecule has 2 fully saturated rings. The molecule has 0 spiro atoms. The number of aryl methyl sites for hydroxylation is 1. The van der Waals surface area contributed by atoms with E-state index in [4.69, 9.17) is 0 Å². The lowest BCUT2D eigenvalue weighted by atomic mass is 9.99. The molecule has 2 saturated heterocycles. The number of carbonyl (C=O) groups is 1. The highest BCUT2D eigenvalue weighted by atomic mass is 16.2. The van der Waals surface area contributed by atoms with Gasteiger partial charge in [-0.2, -0.15) is 0 Å². The standard InChI is InChI=1S/C13H21N5O/c1-2-11-14-12(16-15-11)13(19)18-8-7-17-6-4-3-5-10(17)9-18/h10H,2-9H2,1H3,(H,14,15,16). The summed E-state index contributed by atoms with van der Waals surface area (Å²) in [4.78, 5) is 21.0. The van der Waals surface area contributed by atoms with Crippen LogP contribution in [0.25, 0.3) is 0 Å². The van der Waals surface area contributed by atoms with Crippen molar-refractivity contribution in [2.75, 3.05) is 26.2 Å². The van der Waals surface area contributed by atoms with E-state index in [-0.39, 0.29) is 5.91 Å². The van der Waals surface area contributed by atoms with Crippen LogP contribution >= 0.6 is 0 Å². The SMILES string of the molecule is CCc1nc(C(=O)N2CCN3CCCCC3C2)n[nH]1. The number of aromatic nitrogens is 3. The summed E-state index contributed by atoms with van der Waals surface area (Å²) in [5.74, 6) is 1.07. The van der Waals surface area contributed by atoms with E-state index in [0.29, 0.717) is 11.9 Å². The van der Waals surface area contributed by atoms with E-state index in [2.05, 4.69) is 20.1 Å². The van der Waals surface area contributed by atoms with Gasteiger partial charge >= 0.3 is 0 Å². The second kappa shape index (κ2) is 5.28. The Morgan fingerprint density at radius 2 is 2.26 bits per heavy atom. The van der Waals surface area contributed by atoms with Gasteiger partial charge in [-0.3, -0.25) is 14.8 Å². The lowest BCUT2D eigenvalue weighted by Crippen LogP contribution is -2.56. The molecule has 0 aliphatic carbocycles. The molecule has 2 aliphatic rings. The minimum Gasteiger partial charge on any atom is -0.333 e. The minimum absolute atomic E-state index is 0.0267. The molecule has 19 heavy (non-hydrogen) atoms. The monoisotopic (exact) mass is 263 g/mol. The number of nitrogens with zero attached hydrogens (tertiary/aromatic N) is 4. The Kier molecular flexibility index (Phi) is 3.50. The largest absolute Gasteiger partial charge is 0.333 e. The number of amides is 1. The molecular weight excluding hydrogens is 242 g/mol. The molecule has 0 bridgehead atoms. The maximum absolute atomic E-state index is 12.4. The van der Waals surface area contributed by atoms with Gasteiger partial charge in [-0.15, -0.1) is 5.10 Å². The van der Waals surface area contributed by atoms with Crippen LogP contribution < -0.4 is 0 Å². The Labute approximate surface area is 113 Å². The second-order valence-electron chi connectivity index (χ2n) is 5.40. The Bertz CT molecular complexity index is 458. The zero-order chi connectivity index (χ0) is 13.2. The Morgan fingerprint density at radius 1 is 1.37 bits per heavy atom. The fraction of sp³-hybridized carbons (Fsp3) is 0.769. The summed E-state index contributed by atoms with van der Waals surface area (Å²) in [6.45, 7) is 5.80. The van der Waals surface area contributed by atoms with Gasteiger partial charge in [-0.1, -0.05) is 13.3 Å². The van der Waals surface area contributed by atoms with Crippen LogP contribution in [0.2, 0.25) is 0 Å². The number of carbonyl (C=O) groups excluding carboxylic acids is 1. The van der Waals surface area contributed by atoms with Crippen LogP contribution in [0.15, 0.2) is 0 Å². The average Bonchev–Trinajstić information content (AvgIpc) is 2.95. The van der Waals surface area contributed by atoms with E-state index in [1.807, 2.05) is 11.8 Å². The van der Waals surface area contributed by atoms with Crippen molar-refractivity contribution < 1.29 is 4.79 Å². The fourth-order valence-electron chi connectivity index (χ4n) is 3.03. The summed E-state index contributed by atoms with van der Waals surface area (Å²) in [6.07, 6.45) is 4.56. The van der Waals surface area contributed by atoms with Crippen molar-refractivity contribution in [3.05, 3.63) is 11.6 Å². The van der Waals surface area contributed by atoms with Gasteiger partial charge in [0.15, 0.2) is 0 Å². The third kappa shape index (κ3) is 2.49. The molecule has 3 rings (SSSR count). The number of fused-ring (bicyclic) bond motifs is 1. The summed E-state index contributed by atoms with van der Waals surface area (Å²) in [5, 5.41) is 6.84. The highest BCUT2D eigenvalue weighted by Gasteiger charge is 2.32. The van der Waals surface area contributed by atoms with Crippen molar-refractivity contribution >= 4 is 5.91 Å². The third-order valence-corrected chi connectivity index (χ3v) is 4.18. The number of aromatic amines is 1. The van der Waals surface area contributed by atoms with Crippen molar-refractivity contribution in [3.63, 3.8) is 0 Å². The first kappa shape index (κ1) is 12.6. The zero-order valence-electron chi connectivity index (χ0n) is 11.4. The lowest BCUT2D eigenvalue weighted by molar-refractivity contribution is 0.0364. The summed E-state index contributed by atoms with van der Waals surface area (Å²) in [5.41, 5.74) is 0. The second-order valence-corrected chi connectivity index (χ2v) is 5.40. The number of rotatable bonds is 2.